The van der Waals surface area contributed by atoms with E-state index in [9.17, 15) is 9.59 Å². The van der Waals surface area contributed by atoms with Gasteiger partial charge in [0.15, 0.2) is 0 Å². The minimum absolute atomic E-state index is 0.175. The Balaban J connectivity index is 2.01. The molecule has 0 aromatic carbocycles. The van der Waals surface area contributed by atoms with E-state index < -0.39 is 0 Å². The minimum Gasteiger partial charge on any atom is -0.328 e. The summed E-state index contributed by atoms with van der Waals surface area (Å²) in [5, 5.41) is 2.36. The Labute approximate surface area is 95.3 Å². The monoisotopic (exact) mass is 225 g/mol. The number of nitrogens with two attached hydrogens (primary N) is 1. The van der Waals surface area contributed by atoms with Crippen LogP contribution in [0.1, 0.15) is 32.6 Å². The molecule has 2 rings (SSSR count). The quantitative estimate of drug-likeness (QED) is 0.596. The standard InChI is InChI=1S/C11H19N3O2/c1-7-11(16)13-10(15)6-14(7)9-4-2-8(12)3-5-9/h7-9H,2-6,12H2,1H3,(H,13,15,16). The first-order valence-electron chi connectivity index (χ1n) is 5.93. The summed E-state index contributed by atoms with van der Waals surface area (Å²) in [5.41, 5.74) is 5.85. The molecule has 1 unspecified atom stereocenters. The Kier molecular flexibility index (Phi) is 3.25. The molecular formula is C11H19N3O2. The van der Waals surface area contributed by atoms with Crippen molar-refractivity contribution in [3.63, 3.8) is 0 Å². The highest BCUT2D eigenvalue weighted by atomic mass is 16.2. The van der Waals surface area contributed by atoms with E-state index in [2.05, 4.69) is 5.32 Å². The van der Waals surface area contributed by atoms with Crippen molar-refractivity contribution in [1.82, 2.24) is 10.2 Å². The van der Waals surface area contributed by atoms with Crippen LogP contribution >= 0.6 is 0 Å². The van der Waals surface area contributed by atoms with E-state index in [0.717, 1.165) is 25.7 Å². The molecule has 0 aromatic heterocycles. The van der Waals surface area contributed by atoms with E-state index in [-0.39, 0.29) is 17.9 Å². The van der Waals surface area contributed by atoms with Crippen LogP contribution in [0.15, 0.2) is 0 Å². The Morgan fingerprint density at radius 3 is 2.50 bits per heavy atom. The number of hydrogen-bond donors (Lipinski definition) is 2. The molecule has 0 bridgehead atoms. The molecule has 2 aliphatic rings. The van der Waals surface area contributed by atoms with E-state index in [1.165, 1.54) is 0 Å². The Bertz CT molecular complexity index is 298. The van der Waals surface area contributed by atoms with Crippen molar-refractivity contribution in [3.8, 4) is 0 Å². The molecule has 5 nitrogen and oxygen atoms in total. The van der Waals surface area contributed by atoms with Gasteiger partial charge in [0, 0.05) is 12.1 Å². The van der Waals surface area contributed by atoms with Crippen molar-refractivity contribution in [3.05, 3.63) is 0 Å². The number of rotatable bonds is 1. The molecule has 1 aliphatic heterocycles. The normalized spacial score (nSPS) is 37.2. The van der Waals surface area contributed by atoms with Gasteiger partial charge in [0.25, 0.3) is 0 Å². The highest BCUT2D eigenvalue weighted by Gasteiger charge is 2.35. The maximum atomic E-state index is 11.5. The smallest absolute Gasteiger partial charge is 0.243 e. The molecule has 1 atom stereocenters. The molecule has 0 spiro atoms. The van der Waals surface area contributed by atoms with E-state index in [4.69, 9.17) is 5.73 Å². The lowest BCUT2D eigenvalue weighted by Crippen LogP contribution is -2.60. The lowest BCUT2D eigenvalue weighted by atomic mass is 9.89. The molecular weight excluding hydrogens is 206 g/mol. The molecule has 3 N–H and O–H groups in total. The lowest BCUT2D eigenvalue weighted by molar-refractivity contribution is -0.141. The van der Waals surface area contributed by atoms with E-state index >= 15 is 0 Å². The van der Waals surface area contributed by atoms with Crippen LogP contribution in [0.3, 0.4) is 0 Å². The summed E-state index contributed by atoms with van der Waals surface area (Å²) in [6.45, 7) is 2.20. The second kappa shape index (κ2) is 4.51. The zero-order valence-corrected chi connectivity index (χ0v) is 9.61. The lowest BCUT2D eigenvalue weighted by Gasteiger charge is -2.40. The fourth-order valence-electron chi connectivity index (χ4n) is 2.61. The van der Waals surface area contributed by atoms with Crippen LogP contribution in [0.2, 0.25) is 0 Å². The van der Waals surface area contributed by atoms with Crippen molar-refractivity contribution < 1.29 is 9.59 Å². The van der Waals surface area contributed by atoms with Crippen LogP contribution in [-0.2, 0) is 9.59 Å². The Hall–Kier alpha value is -0.940. The van der Waals surface area contributed by atoms with Crippen LogP contribution in [0.25, 0.3) is 0 Å². The number of carbonyl (C=O) groups is 2. The van der Waals surface area contributed by atoms with Crippen molar-refractivity contribution in [1.29, 1.82) is 0 Å². The number of nitrogens with zero attached hydrogens (tertiary/aromatic N) is 1. The van der Waals surface area contributed by atoms with Gasteiger partial charge in [-0.1, -0.05) is 0 Å². The van der Waals surface area contributed by atoms with Gasteiger partial charge >= 0.3 is 0 Å². The first-order valence-corrected chi connectivity index (χ1v) is 5.93. The van der Waals surface area contributed by atoms with E-state index in [0.29, 0.717) is 18.6 Å². The molecule has 0 aromatic rings. The summed E-state index contributed by atoms with van der Waals surface area (Å²) in [6, 6.07) is 0.433. The molecule has 16 heavy (non-hydrogen) atoms. The molecule has 2 amide bonds. The third kappa shape index (κ3) is 2.25. The number of amides is 2. The van der Waals surface area contributed by atoms with Gasteiger partial charge < -0.3 is 5.73 Å². The van der Waals surface area contributed by atoms with Gasteiger partial charge in [-0.05, 0) is 32.6 Å². The fourth-order valence-corrected chi connectivity index (χ4v) is 2.61. The molecule has 5 heteroatoms. The van der Waals surface area contributed by atoms with Crippen molar-refractivity contribution in [2.45, 2.75) is 50.7 Å². The second-order valence-electron chi connectivity index (χ2n) is 4.83. The van der Waals surface area contributed by atoms with Crippen LogP contribution < -0.4 is 11.1 Å². The summed E-state index contributed by atoms with van der Waals surface area (Å²) >= 11 is 0. The third-order valence-electron chi connectivity index (χ3n) is 3.68. The third-order valence-corrected chi connectivity index (χ3v) is 3.68. The first kappa shape index (κ1) is 11.5. The molecule has 90 valence electrons. The van der Waals surface area contributed by atoms with Crippen LogP contribution in [0.5, 0.6) is 0 Å². The number of nitrogens with one attached hydrogen (secondary N) is 1. The number of piperazine rings is 1. The largest absolute Gasteiger partial charge is 0.328 e. The van der Waals surface area contributed by atoms with Crippen molar-refractivity contribution >= 4 is 11.8 Å². The van der Waals surface area contributed by atoms with Gasteiger partial charge in [0.2, 0.25) is 11.8 Å². The predicted molar refractivity (Wildman–Crippen MR) is 59.5 cm³/mol. The average Bonchev–Trinajstić information content (AvgIpc) is 2.25. The fraction of sp³-hybridized carbons (Fsp3) is 0.818. The molecule has 2 fully saturated rings. The van der Waals surface area contributed by atoms with E-state index in [1.807, 2.05) is 11.8 Å². The maximum Gasteiger partial charge on any atom is 0.243 e. The zero-order valence-electron chi connectivity index (χ0n) is 9.61. The van der Waals surface area contributed by atoms with Crippen LogP contribution in [0, 0.1) is 0 Å². The summed E-state index contributed by atoms with van der Waals surface area (Å²) in [4.78, 5) is 24.9. The van der Waals surface area contributed by atoms with Gasteiger partial charge in [-0.3, -0.25) is 19.8 Å². The molecule has 1 saturated heterocycles. The molecule has 1 aliphatic carbocycles. The summed E-state index contributed by atoms with van der Waals surface area (Å²) in [7, 11) is 0. The summed E-state index contributed by atoms with van der Waals surface area (Å²) in [6.07, 6.45) is 3.96. The number of hydrogen-bond acceptors (Lipinski definition) is 4. The SMILES string of the molecule is CC1C(=O)NC(=O)CN1C1CCC(N)CC1. The highest BCUT2D eigenvalue weighted by Crippen LogP contribution is 2.24. The van der Waals surface area contributed by atoms with Crippen LogP contribution in [-0.4, -0.2) is 41.4 Å². The predicted octanol–water partition coefficient (Wildman–Crippen LogP) is -0.397. The van der Waals surface area contributed by atoms with Gasteiger partial charge in [-0.15, -0.1) is 0 Å². The second-order valence-corrected chi connectivity index (χ2v) is 4.83. The van der Waals surface area contributed by atoms with E-state index in [1.54, 1.807) is 0 Å². The Morgan fingerprint density at radius 2 is 1.88 bits per heavy atom. The van der Waals surface area contributed by atoms with Gasteiger partial charge in [-0.2, -0.15) is 0 Å². The summed E-state index contributed by atoms with van der Waals surface area (Å²) in [5.74, 6) is -0.357. The van der Waals surface area contributed by atoms with Crippen molar-refractivity contribution in [2.75, 3.05) is 6.54 Å². The van der Waals surface area contributed by atoms with Gasteiger partial charge in [-0.25, -0.2) is 0 Å². The first-order chi connectivity index (χ1) is 7.58. The topological polar surface area (TPSA) is 75.4 Å². The number of carbonyl (C=O) groups excluding carboxylic acids is 2. The zero-order chi connectivity index (χ0) is 11.7. The summed E-state index contributed by atoms with van der Waals surface area (Å²) < 4.78 is 0. The molecule has 1 saturated carbocycles. The van der Waals surface area contributed by atoms with Gasteiger partial charge in [0.1, 0.15) is 0 Å². The highest BCUT2D eigenvalue weighted by molar-refractivity contribution is 6.00. The Morgan fingerprint density at radius 1 is 1.25 bits per heavy atom. The molecule has 1 heterocycles. The number of imide groups is 1. The molecule has 0 radical (unpaired) electrons. The van der Waals surface area contributed by atoms with Gasteiger partial charge in [0.05, 0.1) is 12.6 Å². The maximum absolute atomic E-state index is 11.5. The van der Waals surface area contributed by atoms with Crippen LogP contribution in [0.4, 0.5) is 0 Å². The minimum atomic E-state index is -0.197. The average molecular weight is 225 g/mol. The van der Waals surface area contributed by atoms with Crippen molar-refractivity contribution in [2.24, 2.45) is 5.73 Å².